The van der Waals surface area contributed by atoms with Crippen molar-refractivity contribution in [3.05, 3.63) is 0 Å². The Morgan fingerprint density at radius 3 is 2.36 bits per heavy atom. The molecule has 0 rings (SSSR count). The van der Waals surface area contributed by atoms with Crippen molar-refractivity contribution in [1.29, 1.82) is 0 Å². The normalized spacial score (nSPS) is 13.5. The van der Waals surface area contributed by atoms with Crippen LogP contribution in [-0.2, 0) is 4.79 Å². The minimum Gasteiger partial charge on any atom is -0.480 e. The fourth-order valence-electron chi connectivity index (χ4n) is 0.828. The highest BCUT2D eigenvalue weighted by molar-refractivity contribution is 5.73. The molecule has 66 valence electrons. The molecule has 0 aromatic carbocycles. The minimum absolute atomic E-state index is 0.0312. The lowest BCUT2D eigenvalue weighted by atomic mass is 10.1. The summed E-state index contributed by atoms with van der Waals surface area (Å²) in [4.78, 5) is 10.5. The van der Waals surface area contributed by atoms with Gasteiger partial charge in [0.1, 0.15) is 6.04 Å². The van der Waals surface area contributed by atoms with E-state index in [1.807, 2.05) is 13.8 Å². The van der Waals surface area contributed by atoms with E-state index >= 15 is 0 Å². The third-order valence-corrected chi connectivity index (χ3v) is 1.41. The van der Waals surface area contributed by atoms with Crippen LogP contribution >= 0.6 is 0 Å². The van der Waals surface area contributed by atoms with Crippen LogP contribution in [0.3, 0.4) is 0 Å². The molecule has 0 amide bonds. The molecule has 0 aromatic rings. The number of hydrogen-bond acceptors (Lipinski definition) is 3. The highest BCUT2D eigenvalue weighted by Gasteiger charge is 2.19. The predicted octanol–water partition coefficient (Wildman–Crippen LogP) is -0.323. The summed E-state index contributed by atoms with van der Waals surface area (Å²) in [6.07, 6.45) is 0. The van der Waals surface area contributed by atoms with Gasteiger partial charge >= 0.3 is 5.97 Å². The number of rotatable bonds is 5. The van der Waals surface area contributed by atoms with Crippen LogP contribution in [0.1, 0.15) is 13.8 Å². The number of carboxylic acids is 1. The van der Waals surface area contributed by atoms with Crippen LogP contribution in [0.4, 0.5) is 0 Å². The fraction of sp³-hybridized carbons (Fsp3) is 0.857. The molecule has 0 aliphatic carbocycles. The van der Waals surface area contributed by atoms with Crippen LogP contribution in [-0.4, -0.2) is 35.4 Å². The first-order chi connectivity index (χ1) is 5.09. The van der Waals surface area contributed by atoms with E-state index in [0.717, 1.165) is 0 Å². The zero-order chi connectivity index (χ0) is 8.85. The standard InChI is InChI=1S/C7H15NO3/c1-5(2)6(7(10)11)8-3-4-9/h5-6,8-9H,3-4H2,1-2H3,(H,10,11)/t6-/m1/s1. The SMILES string of the molecule is CC(C)[C@@H](NCCO)C(=O)O. The minimum atomic E-state index is -0.867. The number of aliphatic hydroxyl groups is 1. The summed E-state index contributed by atoms with van der Waals surface area (Å²) in [6, 6.07) is -0.554. The van der Waals surface area contributed by atoms with Crippen molar-refractivity contribution in [2.45, 2.75) is 19.9 Å². The lowest BCUT2D eigenvalue weighted by Gasteiger charge is -2.16. The Morgan fingerprint density at radius 1 is 1.55 bits per heavy atom. The van der Waals surface area contributed by atoms with Gasteiger partial charge in [-0.15, -0.1) is 0 Å². The van der Waals surface area contributed by atoms with Gasteiger partial charge in [0.2, 0.25) is 0 Å². The third-order valence-electron chi connectivity index (χ3n) is 1.41. The maximum absolute atomic E-state index is 10.5. The summed E-state index contributed by atoms with van der Waals surface area (Å²) in [6.45, 7) is 3.94. The summed E-state index contributed by atoms with van der Waals surface area (Å²) in [5.74, 6) is -0.826. The molecular formula is C7H15NO3. The molecule has 11 heavy (non-hydrogen) atoms. The predicted molar refractivity (Wildman–Crippen MR) is 41.4 cm³/mol. The molecule has 0 aromatic heterocycles. The van der Waals surface area contributed by atoms with E-state index in [1.165, 1.54) is 0 Å². The number of nitrogens with one attached hydrogen (secondary N) is 1. The Balaban J connectivity index is 3.80. The first kappa shape index (κ1) is 10.4. The number of carboxylic acid groups (broad SMARTS) is 1. The number of carbonyl (C=O) groups is 1. The topological polar surface area (TPSA) is 69.6 Å². The Labute approximate surface area is 66.2 Å². The van der Waals surface area contributed by atoms with Crippen LogP contribution in [0.25, 0.3) is 0 Å². The van der Waals surface area contributed by atoms with Crippen molar-refractivity contribution in [1.82, 2.24) is 5.32 Å². The van der Waals surface area contributed by atoms with Gasteiger partial charge in [-0.1, -0.05) is 13.8 Å². The van der Waals surface area contributed by atoms with Crippen LogP contribution < -0.4 is 5.32 Å². The van der Waals surface area contributed by atoms with E-state index in [2.05, 4.69) is 5.32 Å². The van der Waals surface area contributed by atoms with E-state index in [4.69, 9.17) is 10.2 Å². The second-order valence-electron chi connectivity index (χ2n) is 2.74. The molecular weight excluding hydrogens is 146 g/mol. The summed E-state index contributed by atoms with van der Waals surface area (Å²) in [5.41, 5.74) is 0. The van der Waals surface area contributed by atoms with Gasteiger partial charge in [-0.3, -0.25) is 4.79 Å². The molecule has 3 N–H and O–H groups in total. The molecule has 0 saturated heterocycles. The van der Waals surface area contributed by atoms with Crippen LogP contribution in [0.15, 0.2) is 0 Å². The van der Waals surface area contributed by atoms with Crippen LogP contribution in [0, 0.1) is 5.92 Å². The van der Waals surface area contributed by atoms with Gasteiger partial charge in [0, 0.05) is 6.54 Å². The summed E-state index contributed by atoms with van der Waals surface area (Å²) in [5, 5.41) is 19.8. The van der Waals surface area contributed by atoms with Crippen molar-refractivity contribution < 1.29 is 15.0 Å². The zero-order valence-electron chi connectivity index (χ0n) is 6.87. The second kappa shape index (κ2) is 5.09. The highest BCUT2D eigenvalue weighted by atomic mass is 16.4. The molecule has 4 heteroatoms. The van der Waals surface area contributed by atoms with Crippen molar-refractivity contribution in [2.75, 3.05) is 13.2 Å². The summed E-state index contributed by atoms with van der Waals surface area (Å²) >= 11 is 0. The smallest absolute Gasteiger partial charge is 0.320 e. The van der Waals surface area contributed by atoms with Gasteiger partial charge in [-0.2, -0.15) is 0 Å². The van der Waals surface area contributed by atoms with Crippen LogP contribution in [0.5, 0.6) is 0 Å². The maximum atomic E-state index is 10.5. The van der Waals surface area contributed by atoms with Crippen molar-refractivity contribution in [2.24, 2.45) is 5.92 Å². The average Bonchev–Trinajstić information content (AvgIpc) is 1.87. The summed E-state index contributed by atoms with van der Waals surface area (Å²) < 4.78 is 0. The largest absolute Gasteiger partial charge is 0.480 e. The number of aliphatic carboxylic acids is 1. The van der Waals surface area contributed by atoms with Gasteiger partial charge < -0.3 is 15.5 Å². The molecule has 0 saturated carbocycles. The first-order valence-electron chi connectivity index (χ1n) is 3.66. The summed E-state index contributed by atoms with van der Waals surface area (Å²) in [7, 11) is 0. The van der Waals surface area contributed by atoms with Gasteiger partial charge in [-0.05, 0) is 5.92 Å². The lowest BCUT2D eigenvalue weighted by Crippen LogP contribution is -2.42. The van der Waals surface area contributed by atoms with E-state index in [1.54, 1.807) is 0 Å². The molecule has 0 unspecified atom stereocenters. The van der Waals surface area contributed by atoms with Crippen molar-refractivity contribution in [3.63, 3.8) is 0 Å². The molecule has 0 fully saturated rings. The van der Waals surface area contributed by atoms with E-state index in [-0.39, 0.29) is 12.5 Å². The van der Waals surface area contributed by atoms with E-state index in [0.29, 0.717) is 6.54 Å². The van der Waals surface area contributed by atoms with Crippen molar-refractivity contribution in [3.8, 4) is 0 Å². The highest BCUT2D eigenvalue weighted by Crippen LogP contribution is 2.00. The average molecular weight is 161 g/mol. The Bertz CT molecular complexity index is 125. The van der Waals surface area contributed by atoms with Gasteiger partial charge in [0.05, 0.1) is 6.61 Å². The molecule has 0 aliphatic rings. The molecule has 0 bridgehead atoms. The van der Waals surface area contributed by atoms with Crippen molar-refractivity contribution >= 4 is 5.97 Å². The molecule has 4 nitrogen and oxygen atoms in total. The Kier molecular flexibility index (Phi) is 4.81. The number of aliphatic hydroxyl groups excluding tert-OH is 1. The molecule has 0 aliphatic heterocycles. The maximum Gasteiger partial charge on any atom is 0.320 e. The molecule has 0 heterocycles. The van der Waals surface area contributed by atoms with Gasteiger partial charge in [0.15, 0.2) is 0 Å². The third kappa shape index (κ3) is 3.95. The van der Waals surface area contributed by atoms with Gasteiger partial charge in [0.25, 0.3) is 0 Å². The van der Waals surface area contributed by atoms with Gasteiger partial charge in [-0.25, -0.2) is 0 Å². The zero-order valence-corrected chi connectivity index (χ0v) is 6.87. The Hall–Kier alpha value is -0.610. The quantitative estimate of drug-likeness (QED) is 0.516. The lowest BCUT2D eigenvalue weighted by molar-refractivity contribution is -0.140. The second-order valence-corrected chi connectivity index (χ2v) is 2.74. The monoisotopic (exact) mass is 161 g/mol. The van der Waals surface area contributed by atoms with E-state index in [9.17, 15) is 4.79 Å². The van der Waals surface area contributed by atoms with E-state index < -0.39 is 12.0 Å². The van der Waals surface area contributed by atoms with Crippen LogP contribution in [0.2, 0.25) is 0 Å². The molecule has 1 atom stereocenters. The number of hydrogen-bond donors (Lipinski definition) is 3. The molecule has 0 radical (unpaired) electrons. The fourth-order valence-corrected chi connectivity index (χ4v) is 0.828. The first-order valence-corrected chi connectivity index (χ1v) is 3.66. The molecule has 0 spiro atoms. The Morgan fingerprint density at radius 2 is 2.09 bits per heavy atom.